The number of anilines is 3. The molecule has 0 aliphatic carbocycles. The highest BCUT2D eigenvalue weighted by Gasteiger charge is 2.34. The Hall–Kier alpha value is -6.52. The lowest BCUT2D eigenvalue weighted by molar-refractivity contribution is 1.30. The Labute approximate surface area is 326 Å². The van der Waals surface area contributed by atoms with Gasteiger partial charge in [0.25, 0.3) is 0 Å². The second-order valence-electron chi connectivity index (χ2n) is 14.4. The van der Waals surface area contributed by atoms with E-state index in [1.165, 1.54) is 79.9 Å². The molecule has 1 aliphatic heterocycles. The molecule has 0 radical (unpaired) electrons. The van der Waals surface area contributed by atoms with Gasteiger partial charge in [0.05, 0.1) is 5.69 Å². The average molecular weight is 734 g/mol. The van der Waals surface area contributed by atoms with Crippen LogP contribution in [0.4, 0.5) is 17.1 Å². The molecule has 1 unspecified atom stereocenters. The molecule has 0 fully saturated rings. The predicted molar refractivity (Wildman–Crippen MR) is 240 cm³/mol. The predicted octanol–water partition coefficient (Wildman–Crippen LogP) is 12.2. The molecule has 0 saturated carbocycles. The molecule has 0 N–H and O–H groups in total. The van der Waals surface area contributed by atoms with Crippen molar-refractivity contribution in [2.24, 2.45) is 0 Å². The number of thiophene rings is 1. The molecular weight excluding hydrogens is 699 g/mol. The molecule has 0 spiro atoms. The zero-order valence-corrected chi connectivity index (χ0v) is 32.0. The Morgan fingerprint density at radius 3 is 1.76 bits per heavy atom. The van der Waals surface area contributed by atoms with Gasteiger partial charge >= 0.3 is 0 Å². The van der Waals surface area contributed by atoms with Gasteiger partial charge in [0.1, 0.15) is 8.80 Å². The molecule has 0 bridgehead atoms. The second-order valence-corrected chi connectivity index (χ2v) is 18.3. The van der Waals surface area contributed by atoms with Gasteiger partial charge in [-0.3, -0.25) is 0 Å². The fraction of sp³-hybridized carbons (Fsp3) is 0. The SMILES string of the molecule is c1ccc(-c2ccc(N(c3ccc(-c4ccc5c(c4)[SiH](c4ccccc4)c4ccc6sc7ccccc7c6c4-5)cc3)c3cccc4ccccc34)cc2)cc1. The maximum atomic E-state index is 2.51. The molecule has 1 atom stereocenters. The highest BCUT2D eigenvalue weighted by atomic mass is 32.1. The van der Waals surface area contributed by atoms with Gasteiger partial charge in [0.2, 0.25) is 0 Å². The first-order chi connectivity index (χ1) is 27.3. The molecule has 11 rings (SSSR count). The second kappa shape index (κ2) is 13.1. The monoisotopic (exact) mass is 733 g/mol. The Balaban J connectivity index is 1.03. The summed E-state index contributed by atoms with van der Waals surface area (Å²) in [5.74, 6) is 0. The molecule has 3 heteroatoms. The van der Waals surface area contributed by atoms with Crippen LogP contribution < -0.4 is 20.5 Å². The molecule has 55 heavy (non-hydrogen) atoms. The normalized spacial score (nSPS) is 13.3. The summed E-state index contributed by atoms with van der Waals surface area (Å²) in [5, 5.41) is 9.77. The standard InChI is InChI=1S/C52H35NSSi/c1-3-12-35(13-4-1)36-22-27-40(28-23-36)53(46-20-11-15-38-14-7-8-18-43(38)46)41-29-24-37(25-30-41)39-26-31-45-50(34-39)55(42-16-5-2-6-17-42)49-33-32-48-51(52(45)49)44-19-9-10-21-47(44)54-48/h1-34,55H. The summed E-state index contributed by atoms with van der Waals surface area (Å²) < 4.78 is 2.73. The minimum Gasteiger partial charge on any atom is -0.310 e. The van der Waals surface area contributed by atoms with E-state index in [9.17, 15) is 0 Å². The van der Waals surface area contributed by atoms with Crippen molar-refractivity contribution in [3.8, 4) is 33.4 Å². The van der Waals surface area contributed by atoms with E-state index < -0.39 is 8.80 Å². The van der Waals surface area contributed by atoms with E-state index in [1.54, 1.807) is 0 Å². The quantitative estimate of drug-likeness (QED) is 0.154. The van der Waals surface area contributed by atoms with Crippen LogP contribution in [-0.4, -0.2) is 8.80 Å². The minimum atomic E-state index is -1.71. The van der Waals surface area contributed by atoms with Gasteiger partial charge in [-0.05, 0) is 91.6 Å². The van der Waals surface area contributed by atoms with Gasteiger partial charge in [-0.15, -0.1) is 11.3 Å². The van der Waals surface area contributed by atoms with Crippen LogP contribution >= 0.6 is 11.3 Å². The largest absolute Gasteiger partial charge is 0.310 e. The van der Waals surface area contributed by atoms with E-state index in [4.69, 9.17) is 0 Å². The summed E-state index contributed by atoms with van der Waals surface area (Å²) in [6, 6.07) is 76.3. The zero-order chi connectivity index (χ0) is 36.3. The molecule has 1 aliphatic rings. The lowest BCUT2D eigenvalue weighted by Gasteiger charge is -2.27. The Bertz CT molecular complexity index is 3020. The van der Waals surface area contributed by atoms with Gasteiger partial charge in [-0.2, -0.15) is 0 Å². The van der Waals surface area contributed by atoms with Gasteiger partial charge in [-0.1, -0.05) is 169 Å². The molecule has 2 heterocycles. The number of rotatable bonds is 6. The lowest BCUT2D eigenvalue weighted by Crippen LogP contribution is -2.48. The van der Waals surface area contributed by atoms with E-state index in [2.05, 4.69) is 211 Å². The summed E-state index contributed by atoms with van der Waals surface area (Å²) in [7, 11) is -1.71. The van der Waals surface area contributed by atoms with Crippen molar-refractivity contribution in [1.29, 1.82) is 0 Å². The third-order valence-electron chi connectivity index (χ3n) is 11.4. The van der Waals surface area contributed by atoms with Crippen molar-refractivity contribution in [1.82, 2.24) is 0 Å². The van der Waals surface area contributed by atoms with E-state index in [0.29, 0.717) is 0 Å². The lowest BCUT2D eigenvalue weighted by atomic mass is 9.97. The summed E-state index contributed by atoms with van der Waals surface area (Å²) in [5.41, 5.74) is 11.2. The average Bonchev–Trinajstić information content (AvgIpc) is 3.80. The van der Waals surface area contributed by atoms with E-state index in [0.717, 1.165) is 17.1 Å². The molecule has 1 nitrogen and oxygen atoms in total. The zero-order valence-electron chi connectivity index (χ0n) is 30.1. The smallest absolute Gasteiger partial charge is 0.134 e. The molecule has 258 valence electrons. The van der Waals surface area contributed by atoms with Crippen LogP contribution in [0.5, 0.6) is 0 Å². The maximum absolute atomic E-state index is 2.51. The first-order valence-corrected chi connectivity index (χ1v) is 21.5. The molecule has 10 aromatic rings. The highest BCUT2D eigenvalue weighted by molar-refractivity contribution is 7.26. The van der Waals surface area contributed by atoms with Crippen molar-refractivity contribution in [2.45, 2.75) is 0 Å². The van der Waals surface area contributed by atoms with Crippen LogP contribution in [0.3, 0.4) is 0 Å². The molecule has 1 aromatic heterocycles. The Kier molecular flexibility index (Phi) is 7.61. The number of benzene rings is 9. The van der Waals surface area contributed by atoms with Crippen LogP contribution in [0, 0.1) is 0 Å². The highest BCUT2D eigenvalue weighted by Crippen LogP contribution is 2.43. The van der Waals surface area contributed by atoms with Gasteiger partial charge in [0.15, 0.2) is 0 Å². The molecule has 9 aromatic carbocycles. The first-order valence-electron chi connectivity index (χ1n) is 19.0. The molecule has 0 saturated heterocycles. The number of nitrogens with zero attached hydrogens (tertiary/aromatic N) is 1. The molecular formula is C52H35NSSi. The van der Waals surface area contributed by atoms with Crippen LogP contribution in [0.2, 0.25) is 0 Å². The summed E-state index contributed by atoms with van der Waals surface area (Å²) in [4.78, 5) is 2.40. The minimum absolute atomic E-state index is 1.13. The van der Waals surface area contributed by atoms with Crippen LogP contribution in [0.15, 0.2) is 206 Å². The first kappa shape index (κ1) is 32.0. The van der Waals surface area contributed by atoms with E-state index in [-0.39, 0.29) is 0 Å². The Morgan fingerprint density at radius 2 is 1.00 bits per heavy atom. The van der Waals surface area contributed by atoms with Crippen LogP contribution in [0.25, 0.3) is 64.3 Å². The van der Waals surface area contributed by atoms with Crippen molar-refractivity contribution < 1.29 is 0 Å². The molecule has 0 amide bonds. The topological polar surface area (TPSA) is 3.24 Å². The maximum Gasteiger partial charge on any atom is 0.134 e. The number of hydrogen-bond acceptors (Lipinski definition) is 2. The van der Waals surface area contributed by atoms with Crippen molar-refractivity contribution in [3.63, 3.8) is 0 Å². The van der Waals surface area contributed by atoms with Crippen LogP contribution in [-0.2, 0) is 0 Å². The fourth-order valence-corrected chi connectivity index (χ4v) is 13.4. The van der Waals surface area contributed by atoms with E-state index in [1.807, 2.05) is 11.3 Å². The van der Waals surface area contributed by atoms with E-state index >= 15 is 0 Å². The number of fused-ring (bicyclic) bond motifs is 8. The van der Waals surface area contributed by atoms with Gasteiger partial charge in [0, 0.05) is 36.9 Å². The third kappa shape index (κ3) is 5.35. The number of hydrogen-bond donors (Lipinski definition) is 0. The Morgan fingerprint density at radius 1 is 0.400 bits per heavy atom. The summed E-state index contributed by atoms with van der Waals surface area (Å²) in [6.45, 7) is 0. The van der Waals surface area contributed by atoms with Crippen molar-refractivity contribution in [3.05, 3.63) is 206 Å². The van der Waals surface area contributed by atoms with Gasteiger partial charge < -0.3 is 4.90 Å². The third-order valence-corrected chi connectivity index (χ3v) is 15.7. The fourth-order valence-electron chi connectivity index (χ4n) is 8.81. The van der Waals surface area contributed by atoms with Gasteiger partial charge in [-0.25, -0.2) is 0 Å². The van der Waals surface area contributed by atoms with Crippen LogP contribution in [0.1, 0.15) is 0 Å². The van der Waals surface area contributed by atoms with Crippen molar-refractivity contribution in [2.75, 3.05) is 4.90 Å². The summed E-state index contributed by atoms with van der Waals surface area (Å²) in [6.07, 6.45) is 0. The van der Waals surface area contributed by atoms with Crippen molar-refractivity contribution >= 4 is 83.7 Å². The summed E-state index contributed by atoms with van der Waals surface area (Å²) >= 11 is 1.91.